The van der Waals surface area contributed by atoms with E-state index < -0.39 is 24.0 Å². The highest BCUT2D eigenvalue weighted by Gasteiger charge is 2.56. The van der Waals surface area contributed by atoms with Crippen LogP contribution in [0, 0.1) is 17.8 Å². The Labute approximate surface area is 233 Å². The average Bonchev–Trinajstić information content (AvgIpc) is 3.63. The molecule has 3 aromatic carbocycles. The first-order valence-corrected chi connectivity index (χ1v) is 13.9. The zero-order valence-electron chi connectivity index (χ0n) is 22.4. The van der Waals surface area contributed by atoms with E-state index >= 15 is 0 Å². The van der Waals surface area contributed by atoms with Gasteiger partial charge < -0.3 is 19.4 Å². The number of ketones is 1. The van der Waals surface area contributed by atoms with Gasteiger partial charge in [0.05, 0.1) is 18.3 Å². The van der Waals surface area contributed by atoms with Crippen molar-refractivity contribution in [2.24, 2.45) is 17.8 Å². The SMILES string of the molecule is CC[C@H]1[C@H](CC(=O)c2cc3ccccc3[nH]2)[C@H](C(=O)OCc2ccccc2)C(=O)N2[C@H](c3ccccc3)CO[C@@H]12. The van der Waals surface area contributed by atoms with Gasteiger partial charge in [0.15, 0.2) is 5.78 Å². The van der Waals surface area contributed by atoms with E-state index in [0.717, 1.165) is 22.0 Å². The van der Waals surface area contributed by atoms with Crippen LogP contribution in [0.5, 0.6) is 0 Å². The smallest absolute Gasteiger partial charge is 0.319 e. The lowest BCUT2D eigenvalue weighted by atomic mass is 9.71. The lowest BCUT2D eigenvalue weighted by Gasteiger charge is -2.45. The second-order valence-electron chi connectivity index (χ2n) is 10.6. The number of para-hydroxylation sites is 1. The molecule has 2 aliphatic heterocycles. The Balaban J connectivity index is 1.33. The van der Waals surface area contributed by atoms with Gasteiger partial charge in [0.1, 0.15) is 18.8 Å². The second-order valence-corrected chi connectivity index (χ2v) is 10.6. The molecule has 2 aliphatic rings. The van der Waals surface area contributed by atoms with E-state index in [1.54, 1.807) is 4.90 Å². The molecule has 1 amide bonds. The number of benzene rings is 3. The van der Waals surface area contributed by atoms with Gasteiger partial charge in [-0.05, 0) is 35.6 Å². The van der Waals surface area contributed by atoms with Crippen LogP contribution in [0.3, 0.4) is 0 Å². The fourth-order valence-corrected chi connectivity index (χ4v) is 6.29. The lowest BCUT2D eigenvalue weighted by Crippen LogP contribution is -2.57. The molecule has 0 saturated carbocycles. The first kappa shape index (κ1) is 26.0. The number of esters is 1. The van der Waals surface area contributed by atoms with Crippen molar-refractivity contribution in [2.75, 3.05) is 6.61 Å². The number of H-pyrrole nitrogens is 1. The van der Waals surface area contributed by atoms with E-state index in [1.807, 2.05) is 97.9 Å². The molecular formula is C33H32N2O5. The molecule has 0 unspecified atom stereocenters. The van der Waals surface area contributed by atoms with Crippen molar-refractivity contribution in [1.29, 1.82) is 0 Å². The van der Waals surface area contributed by atoms with Crippen molar-refractivity contribution < 1.29 is 23.9 Å². The van der Waals surface area contributed by atoms with Crippen LogP contribution < -0.4 is 0 Å². The van der Waals surface area contributed by atoms with Gasteiger partial charge in [-0.15, -0.1) is 0 Å². The van der Waals surface area contributed by atoms with Gasteiger partial charge in [-0.1, -0.05) is 85.8 Å². The first-order chi connectivity index (χ1) is 19.5. The van der Waals surface area contributed by atoms with Crippen LogP contribution in [0.2, 0.25) is 0 Å². The Hall–Kier alpha value is -4.23. The molecule has 4 aromatic rings. The van der Waals surface area contributed by atoms with E-state index in [4.69, 9.17) is 9.47 Å². The molecule has 204 valence electrons. The molecule has 6 rings (SSSR count). The predicted octanol–water partition coefficient (Wildman–Crippen LogP) is 5.68. The Bertz CT molecular complexity index is 1480. The molecule has 1 aromatic heterocycles. The molecular weight excluding hydrogens is 504 g/mol. The van der Waals surface area contributed by atoms with Crippen LogP contribution in [-0.2, 0) is 25.7 Å². The number of nitrogens with zero attached hydrogens (tertiary/aromatic N) is 1. The summed E-state index contributed by atoms with van der Waals surface area (Å²) in [5.74, 6) is -2.96. The largest absolute Gasteiger partial charge is 0.460 e. The number of aromatic nitrogens is 1. The number of rotatable bonds is 8. The Morgan fingerprint density at radius 2 is 1.65 bits per heavy atom. The van der Waals surface area contributed by atoms with Crippen molar-refractivity contribution in [3.63, 3.8) is 0 Å². The highest BCUT2D eigenvalue weighted by molar-refractivity contribution is 6.02. The molecule has 7 heteroatoms. The number of carbonyl (C=O) groups excluding carboxylic acids is 3. The number of fused-ring (bicyclic) bond motifs is 2. The summed E-state index contributed by atoms with van der Waals surface area (Å²) in [6.45, 7) is 2.42. The Morgan fingerprint density at radius 1 is 0.950 bits per heavy atom. The molecule has 0 radical (unpaired) electrons. The number of carbonyl (C=O) groups is 3. The number of hydrogen-bond donors (Lipinski definition) is 1. The average molecular weight is 537 g/mol. The first-order valence-electron chi connectivity index (χ1n) is 13.9. The minimum Gasteiger partial charge on any atom is -0.460 e. The zero-order valence-corrected chi connectivity index (χ0v) is 22.4. The van der Waals surface area contributed by atoms with Crippen LogP contribution in [0.4, 0.5) is 0 Å². The zero-order chi connectivity index (χ0) is 27.6. The molecule has 2 fully saturated rings. The summed E-state index contributed by atoms with van der Waals surface area (Å²) in [5, 5.41) is 0.937. The standard InChI is InChI=1S/C33H32N2O5/c1-2-24-25(18-29(36)27-17-23-15-9-10-16-26(23)34-27)30(33(38)40-19-21-11-5-3-6-12-21)31(37)35-28(20-39-32(24)35)22-13-7-4-8-14-22/h3-17,24-25,28,30,32,34H,2,18-20H2,1H3/t24-,25-,28-,30-,32-/m0/s1. The summed E-state index contributed by atoms with van der Waals surface area (Å²) < 4.78 is 12.0. The topological polar surface area (TPSA) is 88.7 Å². The summed E-state index contributed by atoms with van der Waals surface area (Å²) in [6.07, 6.45) is 0.163. The van der Waals surface area contributed by atoms with Gasteiger partial charge in [-0.3, -0.25) is 14.4 Å². The molecule has 0 spiro atoms. The molecule has 0 aliphatic carbocycles. The summed E-state index contributed by atoms with van der Waals surface area (Å²) in [7, 11) is 0. The van der Waals surface area contributed by atoms with Gasteiger partial charge >= 0.3 is 5.97 Å². The van der Waals surface area contributed by atoms with Crippen LogP contribution in [0.1, 0.15) is 47.4 Å². The van der Waals surface area contributed by atoms with Crippen molar-refractivity contribution in [2.45, 2.75) is 38.6 Å². The Kier molecular flexibility index (Phi) is 7.22. The second kappa shape index (κ2) is 11.1. The predicted molar refractivity (Wildman–Crippen MR) is 150 cm³/mol. The fourth-order valence-electron chi connectivity index (χ4n) is 6.29. The fraction of sp³-hybridized carbons (Fsp3) is 0.303. The normalized spacial score (nSPS) is 24.2. The minimum atomic E-state index is -1.11. The van der Waals surface area contributed by atoms with E-state index in [1.165, 1.54) is 0 Å². The lowest BCUT2D eigenvalue weighted by molar-refractivity contribution is -0.176. The number of aromatic amines is 1. The van der Waals surface area contributed by atoms with Gasteiger partial charge in [-0.2, -0.15) is 0 Å². The molecule has 1 N–H and O–H groups in total. The maximum atomic E-state index is 14.2. The van der Waals surface area contributed by atoms with E-state index in [0.29, 0.717) is 18.7 Å². The van der Waals surface area contributed by atoms with E-state index in [9.17, 15) is 14.4 Å². The van der Waals surface area contributed by atoms with Gasteiger partial charge in [0.2, 0.25) is 5.91 Å². The number of hydrogen-bond acceptors (Lipinski definition) is 5. The number of piperidine rings is 1. The number of ether oxygens (including phenoxy) is 2. The minimum absolute atomic E-state index is 0.0336. The van der Waals surface area contributed by atoms with Crippen LogP contribution in [0.25, 0.3) is 10.9 Å². The van der Waals surface area contributed by atoms with E-state index in [2.05, 4.69) is 4.98 Å². The molecule has 0 bridgehead atoms. The van der Waals surface area contributed by atoms with Gasteiger partial charge in [-0.25, -0.2) is 0 Å². The van der Waals surface area contributed by atoms with Crippen molar-refractivity contribution >= 4 is 28.6 Å². The maximum absolute atomic E-state index is 14.2. The Morgan fingerprint density at radius 3 is 2.38 bits per heavy atom. The quantitative estimate of drug-likeness (QED) is 0.178. The molecule has 5 atom stereocenters. The van der Waals surface area contributed by atoms with Crippen LogP contribution in [-0.4, -0.2) is 40.4 Å². The third-order valence-corrected chi connectivity index (χ3v) is 8.28. The third-order valence-electron chi connectivity index (χ3n) is 8.28. The monoisotopic (exact) mass is 536 g/mol. The van der Waals surface area contributed by atoms with Crippen molar-refractivity contribution in [1.82, 2.24) is 9.88 Å². The highest BCUT2D eigenvalue weighted by Crippen LogP contribution is 2.46. The molecule has 2 saturated heterocycles. The molecule has 40 heavy (non-hydrogen) atoms. The van der Waals surface area contributed by atoms with E-state index in [-0.39, 0.29) is 36.7 Å². The third kappa shape index (κ3) is 4.82. The summed E-state index contributed by atoms with van der Waals surface area (Å²) >= 11 is 0. The van der Waals surface area contributed by atoms with Crippen molar-refractivity contribution in [3.8, 4) is 0 Å². The van der Waals surface area contributed by atoms with Crippen molar-refractivity contribution in [3.05, 3.63) is 108 Å². The van der Waals surface area contributed by atoms with Gasteiger partial charge in [0.25, 0.3) is 0 Å². The van der Waals surface area contributed by atoms with Crippen LogP contribution in [0.15, 0.2) is 91.0 Å². The summed E-state index contributed by atoms with van der Waals surface area (Å²) in [6, 6.07) is 28.3. The number of nitrogens with one attached hydrogen (secondary N) is 1. The maximum Gasteiger partial charge on any atom is 0.319 e. The van der Waals surface area contributed by atoms with Gasteiger partial charge in [0, 0.05) is 23.2 Å². The molecule has 3 heterocycles. The van der Waals surface area contributed by atoms with Crippen LogP contribution >= 0.6 is 0 Å². The summed E-state index contributed by atoms with van der Waals surface area (Å²) in [5.41, 5.74) is 3.13. The summed E-state index contributed by atoms with van der Waals surface area (Å²) in [4.78, 5) is 46.5. The number of Topliss-reactive ketones (excluding diaryl/α,β-unsaturated/α-hetero) is 1. The highest BCUT2D eigenvalue weighted by atomic mass is 16.5. The molecule has 7 nitrogen and oxygen atoms in total. The number of amides is 1.